The van der Waals surface area contributed by atoms with Crippen LogP contribution < -0.4 is 5.73 Å². The van der Waals surface area contributed by atoms with E-state index in [2.05, 4.69) is 10.2 Å². The third kappa shape index (κ3) is 2.03. The van der Waals surface area contributed by atoms with Gasteiger partial charge in [0, 0.05) is 0 Å². The highest BCUT2D eigenvalue weighted by Gasteiger charge is 2.17. The van der Waals surface area contributed by atoms with Crippen molar-refractivity contribution >= 4 is 17.3 Å². The summed E-state index contributed by atoms with van der Waals surface area (Å²) in [7, 11) is 0. The van der Waals surface area contributed by atoms with Crippen LogP contribution in [0.5, 0.6) is 0 Å². The summed E-state index contributed by atoms with van der Waals surface area (Å²) in [4.78, 5) is 0. The average molecular weight is 214 g/mol. The Hall–Kier alpha value is -0.700. The first-order valence-corrected chi connectivity index (χ1v) is 5.63. The number of H-pyrrole nitrogens is 1. The molecule has 0 saturated heterocycles. The zero-order chi connectivity index (χ0) is 9.97. The molecule has 1 aromatic rings. The van der Waals surface area contributed by atoms with E-state index in [0.29, 0.717) is 10.8 Å². The van der Waals surface area contributed by atoms with Gasteiger partial charge >= 0.3 is 0 Å². The molecule has 78 valence electrons. The van der Waals surface area contributed by atoms with Crippen LogP contribution in [0.1, 0.15) is 37.8 Å². The highest BCUT2D eigenvalue weighted by atomic mass is 35.5. The van der Waals surface area contributed by atoms with Gasteiger partial charge < -0.3 is 5.73 Å². The molecule has 1 aromatic heterocycles. The number of halogens is 1. The maximum absolute atomic E-state index is 5.79. The molecule has 2 rings (SSSR count). The molecular formula is C10H16ClN3. The molecule has 0 aromatic carbocycles. The highest BCUT2D eigenvalue weighted by molar-refractivity contribution is 6.31. The van der Waals surface area contributed by atoms with Gasteiger partial charge in [0.2, 0.25) is 0 Å². The molecule has 4 heteroatoms. The first-order valence-electron chi connectivity index (χ1n) is 5.25. The van der Waals surface area contributed by atoms with E-state index < -0.39 is 0 Å². The average Bonchev–Trinajstić information content (AvgIpc) is 2.52. The van der Waals surface area contributed by atoms with E-state index in [1.54, 1.807) is 0 Å². The smallest absolute Gasteiger partial charge is 0.173 e. The molecule has 0 unspecified atom stereocenters. The lowest BCUT2D eigenvalue weighted by Crippen LogP contribution is -2.10. The molecular weight excluding hydrogens is 198 g/mol. The van der Waals surface area contributed by atoms with Gasteiger partial charge in [-0.1, -0.05) is 43.7 Å². The minimum absolute atomic E-state index is 0.413. The summed E-state index contributed by atoms with van der Waals surface area (Å²) in [5.41, 5.74) is 7.45. The van der Waals surface area contributed by atoms with Crippen LogP contribution in [-0.4, -0.2) is 10.2 Å². The van der Waals surface area contributed by atoms with Crippen molar-refractivity contribution in [1.29, 1.82) is 0 Å². The molecule has 3 N–H and O–H groups in total. The van der Waals surface area contributed by atoms with Crippen molar-refractivity contribution in [3.05, 3.63) is 10.8 Å². The van der Waals surface area contributed by atoms with Gasteiger partial charge in [0.25, 0.3) is 0 Å². The molecule has 1 aliphatic carbocycles. The monoisotopic (exact) mass is 213 g/mol. The normalized spacial score (nSPS) is 18.6. The summed E-state index contributed by atoms with van der Waals surface area (Å²) in [5, 5.41) is 7.22. The zero-order valence-electron chi connectivity index (χ0n) is 8.22. The summed E-state index contributed by atoms with van der Waals surface area (Å²) in [5.74, 6) is 0.766. The lowest BCUT2D eigenvalue weighted by atomic mass is 9.86. The topological polar surface area (TPSA) is 54.7 Å². The predicted molar refractivity (Wildman–Crippen MR) is 58.3 cm³/mol. The van der Waals surface area contributed by atoms with Crippen LogP contribution in [0.2, 0.25) is 5.15 Å². The Labute approximate surface area is 89.0 Å². The third-order valence-corrected chi connectivity index (χ3v) is 3.34. The number of hydrogen-bond acceptors (Lipinski definition) is 2. The summed E-state index contributed by atoms with van der Waals surface area (Å²) < 4.78 is 0. The van der Waals surface area contributed by atoms with Gasteiger partial charge in [-0.25, -0.2) is 0 Å². The van der Waals surface area contributed by atoms with E-state index in [9.17, 15) is 0 Å². The summed E-state index contributed by atoms with van der Waals surface area (Å²) in [6, 6.07) is 0. The Morgan fingerprint density at radius 2 is 2.07 bits per heavy atom. The van der Waals surface area contributed by atoms with Crippen molar-refractivity contribution < 1.29 is 0 Å². The maximum atomic E-state index is 5.79. The molecule has 3 nitrogen and oxygen atoms in total. The number of aromatic amines is 1. The fourth-order valence-corrected chi connectivity index (χ4v) is 2.35. The summed E-state index contributed by atoms with van der Waals surface area (Å²) >= 11 is 5.78. The summed E-state index contributed by atoms with van der Waals surface area (Å²) in [6.45, 7) is 0. The van der Waals surface area contributed by atoms with Crippen LogP contribution in [0.15, 0.2) is 0 Å². The Morgan fingerprint density at radius 1 is 1.36 bits per heavy atom. The van der Waals surface area contributed by atoms with Crippen molar-refractivity contribution in [2.75, 3.05) is 5.73 Å². The molecule has 1 heterocycles. The molecule has 14 heavy (non-hydrogen) atoms. The van der Waals surface area contributed by atoms with Crippen LogP contribution in [0.3, 0.4) is 0 Å². The lowest BCUT2D eigenvalue weighted by molar-refractivity contribution is 0.354. The van der Waals surface area contributed by atoms with Gasteiger partial charge in [-0.15, -0.1) is 0 Å². The second kappa shape index (κ2) is 4.22. The van der Waals surface area contributed by atoms with Gasteiger partial charge in [0.15, 0.2) is 5.15 Å². The second-order valence-corrected chi connectivity index (χ2v) is 4.47. The minimum Gasteiger partial charge on any atom is -0.395 e. The Kier molecular flexibility index (Phi) is 2.96. The van der Waals surface area contributed by atoms with Crippen LogP contribution in [0, 0.1) is 5.92 Å². The largest absolute Gasteiger partial charge is 0.395 e. The van der Waals surface area contributed by atoms with Gasteiger partial charge in [0.1, 0.15) is 0 Å². The van der Waals surface area contributed by atoms with E-state index in [-0.39, 0.29) is 0 Å². The van der Waals surface area contributed by atoms with E-state index in [1.807, 2.05) is 0 Å². The van der Waals surface area contributed by atoms with Crippen LogP contribution in [0.25, 0.3) is 0 Å². The van der Waals surface area contributed by atoms with Crippen LogP contribution >= 0.6 is 11.6 Å². The molecule has 0 atom stereocenters. The van der Waals surface area contributed by atoms with Gasteiger partial charge in [-0.2, -0.15) is 5.10 Å². The first kappa shape index (κ1) is 9.84. The fraction of sp³-hybridized carbons (Fsp3) is 0.700. The Morgan fingerprint density at radius 3 is 2.64 bits per heavy atom. The van der Waals surface area contributed by atoms with E-state index in [4.69, 9.17) is 17.3 Å². The maximum Gasteiger partial charge on any atom is 0.173 e. The zero-order valence-corrected chi connectivity index (χ0v) is 8.98. The molecule has 1 fully saturated rings. The van der Waals surface area contributed by atoms with Gasteiger partial charge in [-0.05, 0) is 12.3 Å². The van der Waals surface area contributed by atoms with Crippen molar-refractivity contribution in [3.63, 3.8) is 0 Å². The molecule has 0 radical (unpaired) electrons. The first-order chi connectivity index (χ1) is 6.77. The number of rotatable bonds is 2. The van der Waals surface area contributed by atoms with E-state index in [0.717, 1.165) is 18.0 Å². The number of nitrogens with zero attached hydrogens (tertiary/aromatic N) is 1. The van der Waals surface area contributed by atoms with Crippen molar-refractivity contribution in [1.82, 2.24) is 10.2 Å². The second-order valence-electron chi connectivity index (χ2n) is 4.11. The van der Waals surface area contributed by atoms with Crippen LogP contribution in [-0.2, 0) is 6.42 Å². The minimum atomic E-state index is 0.413. The van der Waals surface area contributed by atoms with Crippen molar-refractivity contribution in [3.8, 4) is 0 Å². The third-order valence-electron chi connectivity index (χ3n) is 3.05. The molecule has 1 saturated carbocycles. The number of nitrogen functional groups attached to an aromatic ring is 1. The molecule has 0 aliphatic heterocycles. The highest BCUT2D eigenvalue weighted by Crippen LogP contribution is 2.29. The molecule has 0 spiro atoms. The fourth-order valence-electron chi connectivity index (χ4n) is 2.20. The number of nitrogens with one attached hydrogen (secondary N) is 1. The predicted octanol–water partition coefficient (Wildman–Crippen LogP) is 2.77. The van der Waals surface area contributed by atoms with E-state index in [1.165, 1.54) is 32.1 Å². The van der Waals surface area contributed by atoms with Crippen LogP contribution in [0.4, 0.5) is 5.69 Å². The van der Waals surface area contributed by atoms with Gasteiger partial charge in [0.05, 0.1) is 11.4 Å². The quantitative estimate of drug-likeness (QED) is 0.794. The number of anilines is 1. The van der Waals surface area contributed by atoms with E-state index >= 15 is 0 Å². The summed E-state index contributed by atoms with van der Waals surface area (Å²) in [6.07, 6.45) is 7.73. The lowest BCUT2D eigenvalue weighted by Gasteiger charge is -2.20. The molecule has 0 bridgehead atoms. The van der Waals surface area contributed by atoms with Crippen molar-refractivity contribution in [2.45, 2.75) is 38.5 Å². The van der Waals surface area contributed by atoms with Gasteiger partial charge in [-0.3, -0.25) is 5.10 Å². The number of nitrogens with two attached hydrogens (primary N) is 1. The number of hydrogen-bond donors (Lipinski definition) is 2. The van der Waals surface area contributed by atoms with Crippen molar-refractivity contribution in [2.24, 2.45) is 5.92 Å². The molecule has 0 amide bonds. The standard InChI is InChI=1S/C10H16ClN3/c11-10-9(12)8(13-14-10)6-7-4-2-1-3-5-7/h7H,1-6,12H2,(H,13,14). The SMILES string of the molecule is Nc1c(Cl)n[nH]c1CC1CCCCC1. The number of aromatic nitrogens is 2. The Bertz CT molecular complexity index is 302. The Balaban J connectivity index is 1.99. The molecule has 1 aliphatic rings.